The molecule has 3 aromatic rings. The molecule has 24 heavy (non-hydrogen) atoms. The van der Waals surface area contributed by atoms with Crippen molar-refractivity contribution < 1.29 is 9.53 Å². The molecule has 0 bridgehead atoms. The lowest BCUT2D eigenvalue weighted by Gasteiger charge is -2.13. The molecule has 0 saturated heterocycles. The molecule has 0 amide bonds. The van der Waals surface area contributed by atoms with Gasteiger partial charge < -0.3 is 4.74 Å². The minimum absolute atomic E-state index is 0.242. The fourth-order valence-electron chi connectivity index (χ4n) is 2.89. The highest BCUT2D eigenvalue weighted by Gasteiger charge is 2.09. The normalized spacial score (nSPS) is 12.0. The van der Waals surface area contributed by atoms with Crippen LogP contribution in [0.4, 0.5) is 0 Å². The van der Waals surface area contributed by atoms with E-state index in [0.717, 1.165) is 12.8 Å². The summed E-state index contributed by atoms with van der Waals surface area (Å²) < 4.78 is 5.35. The Morgan fingerprint density at radius 3 is 2.42 bits per heavy atom. The third kappa shape index (κ3) is 4.02. The van der Waals surface area contributed by atoms with Gasteiger partial charge in [0.1, 0.15) is 0 Å². The molecule has 0 N–H and O–H groups in total. The molecule has 122 valence electrons. The van der Waals surface area contributed by atoms with E-state index in [-0.39, 0.29) is 5.97 Å². The number of rotatable bonds is 6. The summed E-state index contributed by atoms with van der Waals surface area (Å²) in [5.74, 6) is 0.207. The Morgan fingerprint density at radius 1 is 0.917 bits per heavy atom. The molecular weight excluding hydrogens is 296 g/mol. The number of hydrogen-bond acceptors (Lipinski definition) is 2. The molecule has 0 aliphatic carbocycles. The summed E-state index contributed by atoms with van der Waals surface area (Å²) in [6, 6.07) is 24.2. The lowest BCUT2D eigenvalue weighted by molar-refractivity contribution is 0.0496. The van der Waals surface area contributed by atoms with Gasteiger partial charge >= 0.3 is 5.97 Å². The third-order valence-corrected chi connectivity index (χ3v) is 4.37. The predicted molar refractivity (Wildman–Crippen MR) is 98.3 cm³/mol. The van der Waals surface area contributed by atoms with E-state index < -0.39 is 0 Å². The van der Waals surface area contributed by atoms with E-state index in [9.17, 15) is 4.79 Å². The number of benzene rings is 3. The van der Waals surface area contributed by atoms with Gasteiger partial charge in [-0.05, 0) is 47.2 Å². The third-order valence-electron chi connectivity index (χ3n) is 4.37. The molecule has 3 rings (SSSR count). The minimum Gasteiger partial charge on any atom is -0.462 e. The van der Waals surface area contributed by atoms with Crippen molar-refractivity contribution >= 4 is 16.7 Å². The van der Waals surface area contributed by atoms with Gasteiger partial charge in [0.05, 0.1) is 12.2 Å². The highest BCUT2D eigenvalue weighted by molar-refractivity contribution is 5.89. The van der Waals surface area contributed by atoms with Crippen LogP contribution >= 0.6 is 0 Å². The van der Waals surface area contributed by atoms with Crippen LogP contribution < -0.4 is 0 Å². The average Bonchev–Trinajstić information content (AvgIpc) is 2.65. The molecule has 0 heterocycles. The van der Waals surface area contributed by atoms with Crippen molar-refractivity contribution in [2.75, 3.05) is 6.61 Å². The molecule has 0 aliphatic rings. The molecule has 0 spiro atoms. The topological polar surface area (TPSA) is 26.3 Å². The number of carbonyl (C=O) groups excluding carboxylic acids is 1. The summed E-state index contributed by atoms with van der Waals surface area (Å²) in [7, 11) is 0. The highest BCUT2D eigenvalue weighted by Crippen LogP contribution is 2.24. The molecule has 0 aromatic heterocycles. The zero-order valence-electron chi connectivity index (χ0n) is 13.9. The number of carbonyl (C=O) groups is 1. The second kappa shape index (κ2) is 7.78. The van der Waals surface area contributed by atoms with Crippen LogP contribution in [0.25, 0.3) is 10.8 Å². The van der Waals surface area contributed by atoms with Gasteiger partial charge in [0.2, 0.25) is 0 Å². The standard InChI is InChI=1S/C22H22O2/c1-17(20-14-13-18-9-5-6-12-21(18)16-20)8-7-15-24-22(23)19-10-3-2-4-11-19/h2-6,9-14,16-17H,7-8,15H2,1H3/t17-/m0/s1. The van der Waals surface area contributed by atoms with E-state index in [4.69, 9.17) is 4.74 Å². The van der Waals surface area contributed by atoms with Crippen molar-refractivity contribution in [2.24, 2.45) is 0 Å². The van der Waals surface area contributed by atoms with Crippen molar-refractivity contribution in [3.8, 4) is 0 Å². The maximum Gasteiger partial charge on any atom is 0.338 e. The van der Waals surface area contributed by atoms with Gasteiger partial charge in [0, 0.05) is 0 Å². The first kappa shape index (κ1) is 16.3. The van der Waals surface area contributed by atoms with Crippen LogP contribution in [0.15, 0.2) is 72.8 Å². The quantitative estimate of drug-likeness (QED) is 0.438. The summed E-state index contributed by atoms with van der Waals surface area (Å²) in [6.07, 6.45) is 1.87. The van der Waals surface area contributed by atoms with Crippen molar-refractivity contribution in [1.82, 2.24) is 0 Å². The van der Waals surface area contributed by atoms with Gasteiger partial charge in [-0.15, -0.1) is 0 Å². The molecule has 2 nitrogen and oxygen atoms in total. The zero-order valence-corrected chi connectivity index (χ0v) is 13.9. The van der Waals surface area contributed by atoms with E-state index in [1.807, 2.05) is 18.2 Å². The van der Waals surface area contributed by atoms with Crippen LogP contribution in [0.2, 0.25) is 0 Å². The van der Waals surface area contributed by atoms with Gasteiger partial charge in [-0.25, -0.2) is 4.79 Å². The van der Waals surface area contributed by atoms with E-state index in [1.54, 1.807) is 12.1 Å². The van der Waals surface area contributed by atoms with Crippen molar-refractivity contribution in [2.45, 2.75) is 25.7 Å². The van der Waals surface area contributed by atoms with Crippen LogP contribution in [0.5, 0.6) is 0 Å². The Balaban J connectivity index is 1.50. The van der Waals surface area contributed by atoms with Gasteiger partial charge in [-0.2, -0.15) is 0 Å². The SMILES string of the molecule is C[C@@H](CCCOC(=O)c1ccccc1)c1ccc2ccccc2c1. The Hall–Kier alpha value is -2.61. The summed E-state index contributed by atoms with van der Waals surface area (Å²) in [5, 5.41) is 2.54. The lowest BCUT2D eigenvalue weighted by atomic mass is 9.94. The first-order valence-corrected chi connectivity index (χ1v) is 8.45. The second-order valence-electron chi connectivity index (χ2n) is 6.15. The first-order valence-electron chi connectivity index (χ1n) is 8.45. The molecule has 1 atom stereocenters. The van der Waals surface area contributed by atoms with Gasteiger partial charge in [-0.1, -0.05) is 67.6 Å². The maximum absolute atomic E-state index is 11.9. The molecular formula is C22H22O2. The van der Waals surface area contributed by atoms with E-state index in [2.05, 4.69) is 49.4 Å². The summed E-state index contributed by atoms with van der Waals surface area (Å²) in [4.78, 5) is 11.9. The molecule has 2 heteroatoms. The summed E-state index contributed by atoms with van der Waals surface area (Å²) in [6.45, 7) is 2.69. The molecule has 0 radical (unpaired) electrons. The Bertz CT molecular complexity index is 808. The number of fused-ring (bicyclic) bond motifs is 1. The Kier molecular flexibility index (Phi) is 5.27. The van der Waals surface area contributed by atoms with E-state index in [0.29, 0.717) is 18.1 Å². The van der Waals surface area contributed by atoms with Crippen LogP contribution in [0, 0.1) is 0 Å². The van der Waals surface area contributed by atoms with Crippen molar-refractivity contribution in [1.29, 1.82) is 0 Å². The van der Waals surface area contributed by atoms with Crippen LogP contribution in [0.1, 0.15) is 41.6 Å². The number of esters is 1. The zero-order chi connectivity index (χ0) is 16.8. The molecule has 3 aromatic carbocycles. The van der Waals surface area contributed by atoms with Gasteiger partial charge in [0.25, 0.3) is 0 Å². The molecule has 0 unspecified atom stereocenters. The van der Waals surface area contributed by atoms with Crippen molar-refractivity contribution in [3.63, 3.8) is 0 Å². The Morgan fingerprint density at radius 2 is 1.62 bits per heavy atom. The van der Waals surface area contributed by atoms with Crippen LogP contribution in [-0.2, 0) is 4.74 Å². The van der Waals surface area contributed by atoms with E-state index >= 15 is 0 Å². The monoisotopic (exact) mass is 318 g/mol. The lowest BCUT2D eigenvalue weighted by Crippen LogP contribution is -2.07. The molecule has 0 fully saturated rings. The van der Waals surface area contributed by atoms with Gasteiger partial charge in [-0.3, -0.25) is 0 Å². The smallest absolute Gasteiger partial charge is 0.338 e. The van der Waals surface area contributed by atoms with Crippen LogP contribution in [-0.4, -0.2) is 12.6 Å². The molecule has 0 saturated carbocycles. The predicted octanol–water partition coefficient (Wildman–Crippen LogP) is 5.58. The Labute approximate surface area is 143 Å². The van der Waals surface area contributed by atoms with Crippen molar-refractivity contribution in [3.05, 3.63) is 83.9 Å². The summed E-state index contributed by atoms with van der Waals surface area (Å²) in [5.41, 5.74) is 1.95. The average molecular weight is 318 g/mol. The fraction of sp³-hybridized carbons (Fsp3) is 0.227. The first-order chi connectivity index (χ1) is 11.7. The van der Waals surface area contributed by atoms with Crippen LogP contribution in [0.3, 0.4) is 0 Å². The maximum atomic E-state index is 11.9. The highest BCUT2D eigenvalue weighted by atomic mass is 16.5. The second-order valence-corrected chi connectivity index (χ2v) is 6.15. The minimum atomic E-state index is -0.242. The summed E-state index contributed by atoms with van der Waals surface area (Å²) >= 11 is 0. The van der Waals surface area contributed by atoms with E-state index in [1.165, 1.54) is 16.3 Å². The fourth-order valence-corrected chi connectivity index (χ4v) is 2.89. The number of ether oxygens (including phenoxy) is 1. The van der Waals surface area contributed by atoms with Gasteiger partial charge in [0.15, 0.2) is 0 Å². The largest absolute Gasteiger partial charge is 0.462 e. The molecule has 0 aliphatic heterocycles. The number of hydrogen-bond donors (Lipinski definition) is 0.